The highest BCUT2D eigenvalue weighted by Crippen LogP contribution is 2.32. The average molecular weight is 273 g/mol. The Bertz CT molecular complexity index is 493. The fourth-order valence-electron chi connectivity index (χ4n) is 3.65. The van der Waals surface area contributed by atoms with Crippen LogP contribution in [0.15, 0.2) is 6.07 Å². The molecule has 1 aliphatic carbocycles. The lowest BCUT2D eigenvalue weighted by Crippen LogP contribution is -2.27. The van der Waals surface area contributed by atoms with Crippen molar-refractivity contribution < 1.29 is 0 Å². The lowest BCUT2D eigenvalue weighted by atomic mass is 9.87. The van der Waals surface area contributed by atoms with Crippen LogP contribution in [0, 0.1) is 0 Å². The van der Waals surface area contributed by atoms with E-state index in [4.69, 9.17) is 4.98 Å². The van der Waals surface area contributed by atoms with E-state index in [9.17, 15) is 0 Å². The van der Waals surface area contributed by atoms with Gasteiger partial charge in [0.2, 0.25) is 0 Å². The summed E-state index contributed by atoms with van der Waals surface area (Å²) >= 11 is 0. The molecule has 2 aromatic rings. The first kappa shape index (κ1) is 12.4. The maximum absolute atomic E-state index is 4.71. The second-order valence-electron chi connectivity index (χ2n) is 6.29. The van der Waals surface area contributed by atoms with Crippen molar-refractivity contribution in [2.75, 3.05) is 6.54 Å². The molecule has 2 fully saturated rings. The number of H-pyrrole nitrogens is 1. The number of fused-ring (bicyclic) bond motifs is 1. The summed E-state index contributed by atoms with van der Waals surface area (Å²) in [5, 5.41) is 11.6. The zero-order valence-corrected chi connectivity index (χ0v) is 11.9. The fourth-order valence-corrected chi connectivity index (χ4v) is 3.65. The molecule has 1 atom stereocenters. The molecule has 2 aliphatic rings. The van der Waals surface area contributed by atoms with Crippen LogP contribution in [0.5, 0.6) is 0 Å². The fraction of sp³-hybridized carbons (Fsp3) is 0.733. The van der Waals surface area contributed by atoms with Crippen LogP contribution in [0.2, 0.25) is 0 Å². The smallest absolute Gasteiger partial charge is 0.175 e. The maximum Gasteiger partial charge on any atom is 0.175 e. The van der Waals surface area contributed by atoms with Gasteiger partial charge in [-0.25, -0.2) is 4.98 Å². The van der Waals surface area contributed by atoms with Crippen molar-refractivity contribution >= 4 is 5.65 Å². The molecule has 1 saturated carbocycles. The number of rotatable bonds is 2. The van der Waals surface area contributed by atoms with Gasteiger partial charge in [0, 0.05) is 17.7 Å². The van der Waals surface area contributed by atoms with E-state index < -0.39 is 0 Å². The minimum atomic E-state index is 0.343. The molecule has 5 nitrogen and oxygen atoms in total. The SMILES string of the molecule is c1c(C2CCCCC2)[nH]n2nc(C3CCCCN3)nc12. The number of hydrogen-bond donors (Lipinski definition) is 2. The van der Waals surface area contributed by atoms with Gasteiger partial charge in [-0.1, -0.05) is 25.7 Å². The summed E-state index contributed by atoms with van der Waals surface area (Å²) < 4.78 is 1.87. The quantitative estimate of drug-likeness (QED) is 0.884. The van der Waals surface area contributed by atoms with Gasteiger partial charge >= 0.3 is 0 Å². The van der Waals surface area contributed by atoms with Crippen molar-refractivity contribution in [1.29, 1.82) is 0 Å². The largest absolute Gasteiger partial charge is 0.307 e. The van der Waals surface area contributed by atoms with Gasteiger partial charge in [0.1, 0.15) is 0 Å². The van der Waals surface area contributed by atoms with E-state index in [0.717, 1.165) is 24.4 Å². The van der Waals surface area contributed by atoms with Gasteiger partial charge in [0.15, 0.2) is 11.5 Å². The van der Waals surface area contributed by atoms with Gasteiger partial charge in [0.25, 0.3) is 0 Å². The van der Waals surface area contributed by atoms with Crippen LogP contribution < -0.4 is 5.32 Å². The number of hydrogen-bond acceptors (Lipinski definition) is 3. The van der Waals surface area contributed by atoms with Gasteiger partial charge in [-0.05, 0) is 32.2 Å². The minimum absolute atomic E-state index is 0.343. The van der Waals surface area contributed by atoms with E-state index in [0.29, 0.717) is 12.0 Å². The van der Waals surface area contributed by atoms with Gasteiger partial charge in [-0.2, -0.15) is 4.63 Å². The third-order valence-electron chi connectivity index (χ3n) is 4.84. The first-order valence-electron chi connectivity index (χ1n) is 8.09. The van der Waals surface area contributed by atoms with Crippen molar-refractivity contribution in [2.45, 2.75) is 63.3 Å². The second-order valence-corrected chi connectivity index (χ2v) is 6.29. The van der Waals surface area contributed by atoms with Crippen LogP contribution in [-0.4, -0.2) is 26.4 Å². The Labute approximate surface area is 119 Å². The van der Waals surface area contributed by atoms with E-state index in [-0.39, 0.29) is 0 Å². The van der Waals surface area contributed by atoms with Crippen molar-refractivity contribution in [1.82, 2.24) is 25.1 Å². The molecule has 0 spiro atoms. The number of nitrogens with zero attached hydrogens (tertiary/aromatic N) is 3. The average Bonchev–Trinajstić information content (AvgIpc) is 3.08. The highest BCUT2D eigenvalue weighted by Gasteiger charge is 2.22. The summed E-state index contributed by atoms with van der Waals surface area (Å²) in [6, 6.07) is 2.55. The Hall–Kier alpha value is -1.36. The molecule has 5 heteroatoms. The highest BCUT2D eigenvalue weighted by molar-refractivity contribution is 5.39. The predicted octanol–water partition coefficient (Wildman–Crippen LogP) is 2.92. The van der Waals surface area contributed by atoms with Crippen molar-refractivity contribution in [3.05, 3.63) is 17.6 Å². The molecule has 108 valence electrons. The maximum atomic E-state index is 4.71. The molecular weight excluding hydrogens is 250 g/mol. The number of nitrogens with one attached hydrogen (secondary N) is 2. The summed E-state index contributed by atoms with van der Waals surface area (Å²) in [6.07, 6.45) is 10.4. The standard InChI is InChI=1S/C15H23N5/c1-2-6-11(7-3-1)13-10-14-17-15(19-20(14)18-13)12-8-4-5-9-16-12/h10-12,16,18H,1-9H2. The molecule has 1 aliphatic heterocycles. The van der Waals surface area contributed by atoms with Crippen LogP contribution in [0.3, 0.4) is 0 Å². The zero-order valence-electron chi connectivity index (χ0n) is 11.9. The molecule has 1 unspecified atom stereocenters. The Morgan fingerprint density at radius 3 is 2.65 bits per heavy atom. The van der Waals surface area contributed by atoms with Crippen LogP contribution in [0.4, 0.5) is 0 Å². The molecule has 0 aromatic carbocycles. The molecular formula is C15H23N5. The molecule has 2 aromatic heterocycles. The highest BCUT2D eigenvalue weighted by atomic mass is 15.5. The summed E-state index contributed by atoms with van der Waals surface area (Å²) in [6.45, 7) is 1.09. The first-order valence-corrected chi connectivity index (χ1v) is 8.09. The third-order valence-corrected chi connectivity index (χ3v) is 4.84. The lowest BCUT2D eigenvalue weighted by Gasteiger charge is -2.20. The molecule has 20 heavy (non-hydrogen) atoms. The van der Waals surface area contributed by atoms with E-state index in [2.05, 4.69) is 21.6 Å². The molecule has 0 amide bonds. The molecule has 0 radical (unpaired) electrons. The minimum Gasteiger partial charge on any atom is -0.307 e. The topological polar surface area (TPSA) is 58.0 Å². The van der Waals surface area contributed by atoms with Gasteiger partial charge in [0.05, 0.1) is 6.04 Å². The van der Waals surface area contributed by atoms with Gasteiger partial charge in [-0.3, -0.25) is 5.10 Å². The lowest BCUT2D eigenvalue weighted by molar-refractivity contribution is 0.396. The summed E-state index contributed by atoms with van der Waals surface area (Å²) in [5.74, 6) is 1.63. The van der Waals surface area contributed by atoms with Gasteiger partial charge in [-0.15, -0.1) is 5.10 Å². The Kier molecular flexibility index (Phi) is 3.22. The van der Waals surface area contributed by atoms with Crippen molar-refractivity contribution in [3.8, 4) is 0 Å². The number of piperidine rings is 1. The molecule has 0 bridgehead atoms. The summed E-state index contributed by atoms with van der Waals surface area (Å²) in [7, 11) is 0. The normalized spacial score (nSPS) is 25.3. The summed E-state index contributed by atoms with van der Waals surface area (Å²) in [5.41, 5.74) is 2.30. The number of aromatic amines is 1. The molecule has 2 N–H and O–H groups in total. The van der Waals surface area contributed by atoms with E-state index in [1.807, 2.05) is 4.63 Å². The van der Waals surface area contributed by atoms with E-state index in [1.165, 1.54) is 50.6 Å². The predicted molar refractivity (Wildman–Crippen MR) is 77.8 cm³/mol. The summed E-state index contributed by atoms with van der Waals surface area (Å²) in [4.78, 5) is 4.71. The van der Waals surface area contributed by atoms with Crippen LogP contribution in [-0.2, 0) is 0 Å². The first-order chi connectivity index (χ1) is 9.90. The monoisotopic (exact) mass is 273 g/mol. The molecule has 3 heterocycles. The van der Waals surface area contributed by atoms with Crippen LogP contribution in [0.1, 0.15) is 74.8 Å². The van der Waals surface area contributed by atoms with Crippen LogP contribution in [0.25, 0.3) is 5.65 Å². The third kappa shape index (κ3) is 2.24. The van der Waals surface area contributed by atoms with Crippen molar-refractivity contribution in [3.63, 3.8) is 0 Å². The van der Waals surface area contributed by atoms with Crippen LogP contribution >= 0.6 is 0 Å². The van der Waals surface area contributed by atoms with E-state index in [1.54, 1.807) is 0 Å². The van der Waals surface area contributed by atoms with Gasteiger partial charge < -0.3 is 5.32 Å². The van der Waals surface area contributed by atoms with Crippen molar-refractivity contribution in [2.24, 2.45) is 0 Å². The Morgan fingerprint density at radius 1 is 1.05 bits per heavy atom. The van der Waals surface area contributed by atoms with E-state index >= 15 is 0 Å². The number of aromatic nitrogens is 4. The second kappa shape index (κ2) is 5.20. The molecule has 1 saturated heterocycles. The Morgan fingerprint density at radius 2 is 1.90 bits per heavy atom. The zero-order chi connectivity index (χ0) is 13.4. The molecule has 4 rings (SSSR count). The Balaban J connectivity index is 1.56.